The summed E-state index contributed by atoms with van der Waals surface area (Å²) in [5, 5.41) is 7.76. The van der Waals surface area contributed by atoms with Crippen LogP contribution in [0, 0.1) is 0 Å². The van der Waals surface area contributed by atoms with Crippen molar-refractivity contribution in [2.75, 3.05) is 26.2 Å². The van der Waals surface area contributed by atoms with Crippen LogP contribution in [0.1, 0.15) is 12.8 Å². The molecule has 3 N–H and O–H groups in total. The average Bonchev–Trinajstić information content (AvgIpc) is 2.03. The molecule has 3 nitrogen and oxygen atoms in total. The fraction of sp³-hybridized carbons (Fsp3) is 1.00. The average molecular weight is 142 g/mol. The molecule has 0 aliphatic carbocycles. The minimum atomic E-state index is 0.539. The lowest BCUT2D eigenvalue weighted by atomic mass is 10.1. The smallest absolute Gasteiger partial charge is 0.0371 e. The summed E-state index contributed by atoms with van der Waals surface area (Å²) in [5.41, 5.74) is 5.38. The van der Waals surface area contributed by atoms with Crippen LogP contribution < -0.4 is 16.4 Å². The van der Waals surface area contributed by atoms with Gasteiger partial charge >= 0.3 is 0 Å². The Morgan fingerprint density at radius 2 is 2.50 bits per heavy atom. The van der Waals surface area contributed by atoms with E-state index in [2.05, 4.69) is 10.6 Å². The van der Waals surface area contributed by atoms with Crippen LogP contribution in [0.25, 0.3) is 0 Å². The zero-order valence-corrected chi connectivity index (χ0v) is 6.34. The van der Waals surface area contributed by atoms with Gasteiger partial charge in [-0.3, -0.25) is 0 Å². The van der Waals surface area contributed by atoms with Gasteiger partial charge in [0, 0.05) is 25.7 Å². The number of nitrogens with two attached hydrogens (primary N) is 1. The molecule has 0 bridgehead atoms. The highest BCUT2D eigenvalue weighted by Crippen LogP contribution is 1.98. The van der Waals surface area contributed by atoms with Gasteiger partial charge in [0.15, 0.2) is 0 Å². The molecule has 3 heteroatoms. The maximum absolute atomic E-state index is 5.38. The van der Waals surface area contributed by atoms with E-state index in [9.17, 15) is 0 Å². The van der Waals surface area contributed by atoms with Crippen molar-refractivity contribution in [3.8, 4) is 0 Å². The molecule has 1 unspecified atom stereocenters. The molecule has 1 aliphatic heterocycles. The monoisotopic (exact) mass is 142 g/mol. The first-order chi connectivity index (χ1) is 4.93. The normalized spacial score (nSPS) is 26.7. The van der Waals surface area contributed by atoms with E-state index in [0.29, 0.717) is 6.04 Å². The van der Waals surface area contributed by atoms with Gasteiger partial charge in [0.25, 0.3) is 0 Å². The van der Waals surface area contributed by atoms with Crippen molar-refractivity contribution in [3.05, 3.63) is 0 Å². The zero-order chi connectivity index (χ0) is 7.23. The number of hydrogen-bond donors (Lipinski definition) is 2. The maximum Gasteiger partial charge on any atom is 0.0371 e. The lowest BCUT2D eigenvalue weighted by Crippen LogP contribution is -2.44. The van der Waals surface area contributed by atoms with E-state index >= 15 is 0 Å². The third-order valence-corrected chi connectivity index (χ3v) is 1.80. The van der Waals surface area contributed by atoms with E-state index in [-0.39, 0.29) is 0 Å². The largest absolute Gasteiger partial charge is 0.330 e. The lowest BCUT2D eigenvalue weighted by Gasteiger charge is -2.22. The highest BCUT2D eigenvalue weighted by atomic mass is 15.0. The second kappa shape index (κ2) is 4.66. The number of rotatable bonds is 3. The SMILES string of the molecule is NCCCC1CNCC[N]1. The van der Waals surface area contributed by atoms with Crippen LogP contribution in [0.5, 0.6) is 0 Å². The maximum atomic E-state index is 5.38. The van der Waals surface area contributed by atoms with Crippen molar-refractivity contribution >= 4 is 0 Å². The van der Waals surface area contributed by atoms with E-state index in [1.54, 1.807) is 0 Å². The summed E-state index contributed by atoms with van der Waals surface area (Å²) in [6.07, 6.45) is 2.26. The molecule has 0 aromatic carbocycles. The second-order valence-electron chi connectivity index (χ2n) is 2.70. The van der Waals surface area contributed by atoms with Crippen molar-refractivity contribution < 1.29 is 0 Å². The van der Waals surface area contributed by atoms with Crippen molar-refractivity contribution in [2.45, 2.75) is 18.9 Å². The summed E-state index contributed by atoms with van der Waals surface area (Å²) in [4.78, 5) is 0. The Labute approximate surface area is 62.4 Å². The highest BCUT2D eigenvalue weighted by molar-refractivity contribution is 4.74. The minimum Gasteiger partial charge on any atom is -0.330 e. The Hall–Kier alpha value is -0.120. The third-order valence-electron chi connectivity index (χ3n) is 1.80. The zero-order valence-electron chi connectivity index (χ0n) is 6.34. The molecule has 1 heterocycles. The summed E-state index contributed by atoms with van der Waals surface area (Å²) >= 11 is 0. The molecule has 1 radical (unpaired) electrons. The van der Waals surface area contributed by atoms with Crippen molar-refractivity contribution in [1.82, 2.24) is 10.6 Å². The van der Waals surface area contributed by atoms with Gasteiger partial charge < -0.3 is 11.1 Å². The van der Waals surface area contributed by atoms with Gasteiger partial charge in [0.1, 0.15) is 0 Å². The Bertz CT molecular complexity index is 78.9. The number of nitrogens with zero attached hydrogens (tertiary/aromatic N) is 1. The summed E-state index contributed by atoms with van der Waals surface area (Å²) in [5.74, 6) is 0. The van der Waals surface area contributed by atoms with Crippen LogP contribution in [-0.2, 0) is 0 Å². The summed E-state index contributed by atoms with van der Waals surface area (Å²) in [7, 11) is 0. The van der Waals surface area contributed by atoms with Crippen molar-refractivity contribution in [3.63, 3.8) is 0 Å². The number of hydrogen-bond acceptors (Lipinski definition) is 2. The molecule has 0 saturated carbocycles. The van der Waals surface area contributed by atoms with Gasteiger partial charge in [-0.2, -0.15) is 0 Å². The molecule has 0 spiro atoms. The molecular formula is C7H16N3. The molecule has 0 aromatic heterocycles. The van der Waals surface area contributed by atoms with E-state index < -0.39 is 0 Å². The molecule has 1 aliphatic rings. The lowest BCUT2D eigenvalue weighted by molar-refractivity contribution is 0.386. The van der Waals surface area contributed by atoms with E-state index in [1.807, 2.05) is 0 Å². The quantitative estimate of drug-likeness (QED) is 0.547. The summed E-state index contributed by atoms with van der Waals surface area (Å²) < 4.78 is 0. The molecule has 59 valence electrons. The fourth-order valence-electron chi connectivity index (χ4n) is 1.21. The van der Waals surface area contributed by atoms with E-state index in [1.165, 1.54) is 0 Å². The summed E-state index contributed by atoms with van der Waals surface area (Å²) in [6, 6.07) is 0.539. The Kier molecular flexibility index (Phi) is 3.72. The van der Waals surface area contributed by atoms with Crippen LogP contribution in [0.4, 0.5) is 0 Å². The van der Waals surface area contributed by atoms with Crippen molar-refractivity contribution in [2.24, 2.45) is 5.73 Å². The van der Waals surface area contributed by atoms with E-state index in [4.69, 9.17) is 5.73 Å². The molecule has 0 amide bonds. The predicted octanol–water partition coefficient (Wildman–Crippen LogP) is -0.698. The van der Waals surface area contributed by atoms with Gasteiger partial charge in [-0.1, -0.05) is 0 Å². The van der Waals surface area contributed by atoms with Gasteiger partial charge in [-0.25, -0.2) is 5.32 Å². The van der Waals surface area contributed by atoms with Gasteiger partial charge in [0.05, 0.1) is 0 Å². The predicted molar refractivity (Wildman–Crippen MR) is 41.9 cm³/mol. The first-order valence-electron chi connectivity index (χ1n) is 4.01. The molecule has 1 saturated heterocycles. The number of nitrogens with one attached hydrogen (secondary N) is 1. The van der Waals surface area contributed by atoms with Gasteiger partial charge in [-0.15, -0.1) is 0 Å². The van der Waals surface area contributed by atoms with Crippen LogP contribution in [0.3, 0.4) is 0 Å². The topological polar surface area (TPSA) is 52.1 Å². The molecule has 10 heavy (non-hydrogen) atoms. The van der Waals surface area contributed by atoms with Gasteiger partial charge in [-0.05, 0) is 19.4 Å². The minimum absolute atomic E-state index is 0.539. The van der Waals surface area contributed by atoms with Crippen LogP contribution in [-0.4, -0.2) is 32.2 Å². The van der Waals surface area contributed by atoms with Gasteiger partial charge in [0.2, 0.25) is 0 Å². The highest BCUT2D eigenvalue weighted by Gasteiger charge is 2.11. The molecule has 1 rings (SSSR count). The molecule has 1 atom stereocenters. The summed E-state index contributed by atoms with van der Waals surface area (Å²) in [6.45, 7) is 3.89. The van der Waals surface area contributed by atoms with Crippen molar-refractivity contribution in [1.29, 1.82) is 0 Å². The second-order valence-corrected chi connectivity index (χ2v) is 2.70. The Morgan fingerprint density at radius 3 is 3.10 bits per heavy atom. The molecular weight excluding hydrogens is 126 g/mol. The fourth-order valence-corrected chi connectivity index (χ4v) is 1.21. The number of piperazine rings is 1. The molecule has 0 aromatic rings. The van der Waals surface area contributed by atoms with Crippen LogP contribution in [0.2, 0.25) is 0 Å². The third kappa shape index (κ3) is 2.64. The van der Waals surface area contributed by atoms with E-state index in [0.717, 1.165) is 39.0 Å². The molecule has 1 fully saturated rings. The Morgan fingerprint density at radius 1 is 1.60 bits per heavy atom. The first kappa shape index (κ1) is 7.98. The standard InChI is InChI=1S/C7H16N3/c8-3-1-2-7-6-9-4-5-10-7/h7,9H,1-6,8H2. The Balaban J connectivity index is 2.02. The van der Waals surface area contributed by atoms with Crippen LogP contribution in [0.15, 0.2) is 0 Å². The first-order valence-corrected chi connectivity index (χ1v) is 4.01. The van der Waals surface area contributed by atoms with Crippen LogP contribution >= 0.6 is 0 Å².